The molecule has 1 spiro atoms. The van der Waals surface area contributed by atoms with Crippen LogP contribution in [0.4, 0.5) is 0 Å². The van der Waals surface area contributed by atoms with Crippen molar-refractivity contribution in [2.75, 3.05) is 27.0 Å². The highest BCUT2D eigenvalue weighted by atomic mass is 16.7. The van der Waals surface area contributed by atoms with Crippen LogP contribution < -0.4 is 9.47 Å². The number of hydrogen-bond acceptors (Lipinski definition) is 5. The molecule has 0 radical (unpaired) electrons. The van der Waals surface area contributed by atoms with Gasteiger partial charge in [-0.3, -0.25) is 9.69 Å². The van der Waals surface area contributed by atoms with E-state index < -0.39 is 0 Å². The fraction of sp³-hybridized carbons (Fsp3) is 0.421. The summed E-state index contributed by atoms with van der Waals surface area (Å²) in [6, 6.07) is 3.88. The molecule has 2 atom stereocenters. The molecule has 3 heterocycles. The highest BCUT2D eigenvalue weighted by molar-refractivity contribution is 5.99. The van der Waals surface area contributed by atoms with Crippen molar-refractivity contribution in [2.45, 2.75) is 24.5 Å². The van der Waals surface area contributed by atoms with Crippen molar-refractivity contribution in [3.63, 3.8) is 0 Å². The van der Waals surface area contributed by atoms with Gasteiger partial charge in [0.2, 0.25) is 6.79 Å². The second-order valence-corrected chi connectivity index (χ2v) is 6.73. The largest absolute Gasteiger partial charge is 0.454 e. The quantitative estimate of drug-likeness (QED) is 0.793. The molecule has 124 valence electrons. The number of ether oxygens (including phenoxy) is 3. The fourth-order valence-electron chi connectivity index (χ4n) is 4.50. The monoisotopic (exact) mass is 325 g/mol. The number of hydrogen-bond donors (Lipinski definition) is 0. The molecule has 1 aromatic carbocycles. The van der Waals surface area contributed by atoms with Crippen molar-refractivity contribution in [1.29, 1.82) is 0 Å². The van der Waals surface area contributed by atoms with Gasteiger partial charge in [0, 0.05) is 38.6 Å². The van der Waals surface area contributed by atoms with Gasteiger partial charge in [-0.25, -0.2) is 0 Å². The minimum atomic E-state index is -0.308. The first-order valence-electron chi connectivity index (χ1n) is 8.36. The average molecular weight is 325 g/mol. The Balaban J connectivity index is 1.77. The van der Waals surface area contributed by atoms with Crippen molar-refractivity contribution >= 4 is 5.78 Å². The van der Waals surface area contributed by atoms with Gasteiger partial charge in [0.15, 0.2) is 17.3 Å². The molecule has 4 aliphatic rings. The molecule has 0 unspecified atom stereocenters. The molecule has 0 bridgehead atoms. The van der Waals surface area contributed by atoms with Crippen LogP contribution in [0.3, 0.4) is 0 Å². The van der Waals surface area contributed by atoms with E-state index in [0.29, 0.717) is 12.2 Å². The van der Waals surface area contributed by atoms with Crippen LogP contribution in [0.15, 0.2) is 35.9 Å². The fourth-order valence-corrected chi connectivity index (χ4v) is 4.50. The Labute approximate surface area is 140 Å². The zero-order valence-corrected chi connectivity index (χ0v) is 13.6. The molecule has 5 nitrogen and oxygen atoms in total. The summed E-state index contributed by atoms with van der Waals surface area (Å²) in [5.41, 5.74) is 2.74. The number of methoxy groups -OCH3 is 1. The lowest BCUT2D eigenvalue weighted by molar-refractivity contribution is 0.0583. The van der Waals surface area contributed by atoms with E-state index in [-0.39, 0.29) is 24.2 Å². The third-order valence-electron chi connectivity index (χ3n) is 5.71. The molecule has 5 rings (SSSR count). The van der Waals surface area contributed by atoms with Crippen LogP contribution in [0.5, 0.6) is 11.5 Å². The topological polar surface area (TPSA) is 48.0 Å². The number of nitrogens with zero attached hydrogens (tertiary/aromatic N) is 1. The summed E-state index contributed by atoms with van der Waals surface area (Å²) < 4.78 is 16.7. The van der Waals surface area contributed by atoms with Crippen LogP contribution in [-0.4, -0.2) is 43.8 Å². The van der Waals surface area contributed by atoms with Crippen molar-refractivity contribution in [1.82, 2.24) is 4.90 Å². The predicted octanol–water partition coefficient (Wildman–Crippen LogP) is 2.41. The highest BCUT2D eigenvalue weighted by Gasteiger charge is 2.50. The summed E-state index contributed by atoms with van der Waals surface area (Å²) in [7, 11) is 1.74. The summed E-state index contributed by atoms with van der Waals surface area (Å²) in [5, 5.41) is 0. The van der Waals surface area contributed by atoms with E-state index in [1.807, 2.05) is 12.1 Å². The Bertz CT molecular complexity index is 797. The minimum Gasteiger partial charge on any atom is -0.454 e. The van der Waals surface area contributed by atoms with E-state index in [1.165, 1.54) is 5.57 Å². The van der Waals surface area contributed by atoms with Crippen molar-refractivity contribution in [2.24, 2.45) is 0 Å². The van der Waals surface area contributed by atoms with Gasteiger partial charge in [0.05, 0.1) is 11.6 Å². The zero-order valence-electron chi connectivity index (χ0n) is 13.6. The summed E-state index contributed by atoms with van der Waals surface area (Å²) in [5.74, 6) is 1.58. The molecule has 0 amide bonds. The summed E-state index contributed by atoms with van der Waals surface area (Å²) in [4.78, 5) is 15.2. The first-order valence-corrected chi connectivity index (χ1v) is 8.36. The predicted molar refractivity (Wildman–Crippen MR) is 87.4 cm³/mol. The smallest absolute Gasteiger partial charge is 0.231 e. The number of carbonyl (C=O) groups is 1. The molecular formula is C19H19NO4. The first-order chi connectivity index (χ1) is 11.7. The number of ketones is 1. The average Bonchev–Trinajstić information content (AvgIpc) is 3.19. The zero-order chi connectivity index (χ0) is 16.3. The van der Waals surface area contributed by atoms with Crippen LogP contribution in [0.1, 0.15) is 28.8 Å². The van der Waals surface area contributed by atoms with E-state index in [4.69, 9.17) is 14.2 Å². The van der Waals surface area contributed by atoms with Crippen LogP contribution in [0, 0.1) is 0 Å². The van der Waals surface area contributed by atoms with Crippen molar-refractivity contribution < 1.29 is 19.0 Å². The van der Waals surface area contributed by atoms with E-state index in [0.717, 1.165) is 36.4 Å². The van der Waals surface area contributed by atoms with E-state index in [1.54, 1.807) is 7.11 Å². The van der Waals surface area contributed by atoms with Crippen molar-refractivity contribution in [3.05, 3.63) is 47.1 Å². The second-order valence-electron chi connectivity index (χ2n) is 6.73. The SMILES string of the molecule is CO[C@@H]1C=CC2=CCN3CCC(=O)c4cc5c(cc4[C@]23C1)OCO5. The highest BCUT2D eigenvalue weighted by Crippen LogP contribution is 2.52. The maximum Gasteiger partial charge on any atom is 0.231 e. The molecule has 0 saturated carbocycles. The standard InChI is InChI=1S/C19H19NO4/c1-22-13-3-2-12-4-6-20-7-5-16(21)14-8-17-18(24-11-23-17)9-15(14)19(12,20)10-13/h2-4,8-9,13H,5-7,10-11H2,1H3/t13-,19+/m1/s1. The molecule has 0 aromatic heterocycles. The van der Waals surface area contributed by atoms with E-state index >= 15 is 0 Å². The van der Waals surface area contributed by atoms with Crippen LogP contribution in [-0.2, 0) is 10.3 Å². The normalized spacial score (nSPS) is 30.5. The third-order valence-corrected chi connectivity index (χ3v) is 5.71. The first kappa shape index (κ1) is 14.3. The Hall–Kier alpha value is -2.11. The lowest BCUT2D eigenvalue weighted by Crippen LogP contribution is -2.47. The summed E-state index contributed by atoms with van der Waals surface area (Å²) in [6.45, 7) is 1.83. The molecule has 24 heavy (non-hydrogen) atoms. The summed E-state index contributed by atoms with van der Waals surface area (Å²) in [6.07, 6.45) is 7.91. The van der Waals surface area contributed by atoms with Gasteiger partial charge >= 0.3 is 0 Å². The Morgan fingerprint density at radius 2 is 2.12 bits per heavy atom. The molecule has 0 N–H and O–H groups in total. The van der Waals surface area contributed by atoms with Gasteiger partial charge in [-0.05, 0) is 23.3 Å². The molecule has 5 heteroatoms. The number of carbonyl (C=O) groups excluding carboxylic acids is 1. The van der Waals surface area contributed by atoms with Crippen LogP contribution in [0.2, 0.25) is 0 Å². The van der Waals surface area contributed by atoms with Crippen LogP contribution >= 0.6 is 0 Å². The van der Waals surface area contributed by atoms with Gasteiger partial charge < -0.3 is 14.2 Å². The maximum atomic E-state index is 12.8. The number of fused-ring (bicyclic) bond motifs is 2. The molecular weight excluding hydrogens is 306 g/mol. The molecule has 0 saturated heterocycles. The van der Waals surface area contributed by atoms with Gasteiger partial charge in [0.1, 0.15) is 0 Å². The molecule has 1 aliphatic carbocycles. The van der Waals surface area contributed by atoms with E-state index in [2.05, 4.69) is 23.1 Å². The number of benzene rings is 1. The molecule has 3 aliphatic heterocycles. The lowest BCUT2D eigenvalue weighted by Gasteiger charge is -2.44. The lowest BCUT2D eigenvalue weighted by atomic mass is 9.73. The minimum absolute atomic E-state index is 0.0363. The number of rotatable bonds is 1. The molecule has 0 fully saturated rings. The van der Waals surface area contributed by atoms with Gasteiger partial charge in [0.25, 0.3) is 0 Å². The molecule has 1 aromatic rings. The van der Waals surface area contributed by atoms with Crippen LogP contribution in [0.25, 0.3) is 0 Å². The Morgan fingerprint density at radius 3 is 2.96 bits per heavy atom. The summed E-state index contributed by atoms with van der Waals surface area (Å²) >= 11 is 0. The van der Waals surface area contributed by atoms with Gasteiger partial charge in [-0.15, -0.1) is 0 Å². The maximum absolute atomic E-state index is 12.8. The number of Topliss-reactive ketones (excluding diaryl/α,β-unsaturated/α-hetero) is 1. The van der Waals surface area contributed by atoms with Crippen molar-refractivity contribution in [3.8, 4) is 11.5 Å². The van der Waals surface area contributed by atoms with Gasteiger partial charge in [-0.2, -0.15) is 0 Å². The second kappa shape index (κ2) is 4.94. The Morgan fingerprint density at radius 1 is 1.29 bits per heavy atom. The van der Waals surface area contributed by atoms with E-state index in [9.17, 15) is 4.79 Å². The van der Waals surface area contributed by atoms with Gasteiger partial charge in [-0.1, -0.05) is 18.2 Å². The Kier molecular flexibility index (Phi) is 2.94. The third kappa shape index (κ3) is 1.74.